The molecule has 0 amide bonds. The first-order valence-corrected chi connectivity index (χ1v) is 14.0. The van der Waals surface area contributed by atoms with Crippen molar-refractivity contribution < 1.29 is 32.3 Å². The lowest BCUT2D eigenvalue weighted by atomic mass is 10.0. The summed E-state index contributed by atoms with van der Waals surface area (Å²) in [7, 11) is 1.55. The Balaban J connectivity index is 0.00000248. The Hall–Kier alpha value is -4.38. The summed E-state index contributed by atoms with van der Waals surface area (Å²) >= 11 is 3.41. The second kappa shape index (κ2) is 15.7. The van der Waals surface area contributed by atoms with E-state index in [4.69, 9.17) is 9.57 Å². The number of ketones is 1. The predicted molar refractivity (Wildman–Crippen MR) is 162 cm³/mol. The number of Topliss-reactive ketones (excluding diaryl/α,β-unsaturated/α-hetero) is 1. The van der Waals surface area contributed by atoms with Crippen LogP contribution in [0.3, 0.4) is 0 Å². The van der Waals surface area contributed by atoms with Gasteiger partial charge in [-0.25, -0.2) is 0 Å². The van der Waals surface area contributed by atoms with Crippen LogP contribution in [-0.4, -0.2) is 29.5 Å². The van der Waals surface area contributed by atoms with Crippen LogP contribution in [0.5, 0.6) is 11.5 Å². The minimum atomic E-state index is -4.84. The monoisotopic (exact) mass is 658 g/mol. The number of ether oxygens (including phenoxy) is 2. The molecule has 43 heavy (non-hydrogen) atoms. The number of methoxy groups -OCH3 is 1. The van der Waals surface area contributed by atoms with E-state index in [1.54, 1.807) is 31.4 Å². The van der Waals surface area contributed by atoms with Gasteiger partial charge >= 0.3 is 6.36 Å². The minimum Gasteiger partial charge on any atom is -0.497 e. The number of rotatable bonds is 11. The van der Waals surface area contributed by atoms with E-state index in [0.717, 1.165) is 27.7 Å². The van der Waals surface area contributed by atoms with Crippen molar-refractivity contribution in [1.82, 2.24) is 4.57 Å². The normalized spacial score (nSPS) is 11.3. The fraction of sp³-hybridized carbons (Fsp3) is 0.219. The summed E-state index contributed by atoms with van der Waals surface area (Å²) in [6.45, 7) is 4.33. The first kappa shape index (κ1) is 33.1. The van der Waals surface area contributed by atoms with Crippen molar-refractivity contribution in [3.63, 3.8) is 0 Å². The number of hydrogen-bond donors (Lipinski definition) is 0. The summed E-state index contributed by atoms with van der Waals surface area (Å²) in [4.78, 5) is 31.3. The Morgan fingerprint density at radius 3 is 2.16 bits per heavy atom. The molecule has 0 saturated heterocycles. The molecule has 3 aromatic carbocycles. The molecule has 11 heteroatoms. The van der Waals surface area contributed by atoms with Crippen molar-refractivity contribution in [3.05, 3.63) is 128 Å². The zero-order chi connectivity index (χ0) is 31.4. The minimum absolute atomic E-state index is 0.0778. The maximum Gasteiger partial charge on any atom is 0.573 e. The number of benzene rings is 3. The molecule has 4 rings (SSSR count). The zero-order valence-electron chi connectivity index (χ0n) is 23.7. The van der Waals surface area contributed by atoms with Gasteiger partial charge in [-0.05, 0) is 65.7 Å². The molecule has 1 aromatic heterocycles. The van der Waals surface area contributed by atoms with Gasteiger partial charge in [0.05, 0.1) is 25.8 Å². The van der Waals surface area contributed by atoms with Gasteiger partial charge in [-0.2, -0.15) is 0 Å². The summed E-state index contributed by atoms with van der Waals surface area (Å²) in [6, 6.07) is 22.3. The van der Waals surface area contributed by atoms with Gasteiger partial charge < -0.3 is 18.9 Å². The summed E-state index contributed by atoms with van der Waals surface area (Å²) in [5.74, 6) is -0.105. The molecule has 0 unspecified atom stereocenters. The SMILES string of the molecule is CC.COc1ccc(CO/N=C(/CC(=O)c2ccc(=O)n(Cc3cccc(Br)c3)c2)c2ccc(OC(F)(F)F)cc2)cc1. The van der Waals surface area contributed by atoms with E-state index in [0.29, 0.717) is 11.3 Å². The largest absolute Gasteiger partial charge is 0.573 e. The predicted octanol–water partition coefficient (Wildman–Crippen LogP) is 7.79. The van der Waals surface area contributed by atoms with Gasteiger partial charge in [0, 0.05) is 27.9 Å². The van der Waals surface area contributed by atoms with Crippen molar-refractivity contribution in [1.29, 1.82) is 0 Å². The third-order valence-corrected chi connectivity index (χ3v) is 6.35. The lowest BCUT2D eigenvalue weighted by Gasteiger charge is -2.12. The van der Waals surface area contributed by atoms with Crippen LogP contribution in [0.25, 0.3) is 0 Å². The van der Waals surface area contributed by atoms with E-state index < -0.39 is 12.1 Å². The number of hydrogen-bond acceptors (Lipinski definition) is 6. The molecule has 0 atom stereocenters. The van der Waals surface area contributed by atoms with Gasteiger partial charge in [0.2, 0.25) is 0 Å². The number of pyridine rings is 1. The molecule has 0 saturated carbocycles. The fourth-order valence-corrected chi connectivity index (χ4v) is 4.30. The second-order valence-corrected chi connectivity index (χ2v) is 9.76. The van der Waals surface area contributed by atoms with Crippen molar-refractivity contribution in [2.24, 2.45) is 5.16 Å². The molecule has 0 aliphatic carbocycles. The molecule has 0 aliphatic rings. The summed E-state index contributed by atoms with van der Waals surface area (Å²) < 4.78 is 49.2. The van der Waals surface area contributed by atoms with E-state index in [2.05, 4.69) is 25.8 Å². The van der Waals surface area contributed by atoms with E-state index >= 15 is 0 Å². The number of oxime groups is 1. The first-order chi connectivity index (χ1) is 20.6. The van der Waals surface area contributed by atoms with Gasteiger partial charge in [-0.3, -0.25) is 9.59 Å². The topological polar surface area (TPSA) is 79.1 Å². The number of alkyl halides is 3. The van der Waals surface area contributed by atoms with Crippen molar-refractivity contribution in [3.8, 4) is 11.5 Å². The average Bonchev–Trinajstić information content (AvgIpc) is 2.99. The average molecular weight is 659 g/mol. The van der Waals surface area contributed by atoms with Gasteiger partial charge in [-0.15, -0.1) is 13.2 Å². The van der Waals surface area contributed by atoms with Crippen LogP contribution in [0.15, 0.2) is 106 Å². The van der Waals surface area contributed by atoms with E-state index in [1.165, 1.54) is 35.0 Å². The van der Waals surface area contributed by atoms with Crippen LogP contribution in [0.4, 0.5) is 13.2 Å². The second-order valence-electron chi connectivity index (χ2n) is 8.85. The van der Waals surface area contributed by atoms with Crippen LogP contribution in [0.1, 0.15) is 47.3 Å². The van der Waals surface area contributed by atoms with Gasteiger partial charge in [0.25, 0.3) is 5.56 Å². The molecule has 0 N–H and O–H groups in total. The number of aromatic nitrogens is 1. The first-order valence-electron chi connectivity index (χ1n) is 13.3. The van der Waals surface area contributed by atoms with Crippen molar-refractivity contribution in [2.45, 2.75) is 39.8 Å². The Morgan fingerprint density at radius 2 is 1.53 bits per heavy atom. The van der Waals surface area contributed by atoms with Crippen molar-refractivity contribution >= 4 is 27.4 Å². The molecule has 0 spiro atoms. The Morgan fingerprint density at radius 1 is 0.884 bits per heavy atom. The molecular formula is C32H30BrF3N2O5. The van der Waals surface area contributed by atoms with Gasteiger partial charge in [0.1, 0.15) is 18.1 Å². The smallest absolute Gasteiger partial charge is 0.497 e. The molecule has 0 aliphatic heterocycles. The molecule has 0 fully saturated rings. The molecule has 0 radical (unpaired) electrons. The van der Waals surface area contributed by atoms with E-state index in [9.17, 15) is 22.8 Å². The molecule has 226 valence electrons. The number of halogens is 4. The highest BCUT2D eigenvalue weighted by Crippen LogP contribution is 2.24. The Kier molecular flexibility index (Phi) is 12.1. The summed E-state index contributed by atoms with van der Waals surface area (Å²) in [5.41, 5.74) is 2.19. The van der Waals surface area contributed by atoms with Crippen LogP contribution in [-0.2, 0) is 18.0 Å². The quantitative estimate of drug-likeness (QED) is 0.0934. The highest BCUT2D eigenvalue weighted by atomic mass is 79.9. The molecule has 0 bridgehead atoms. The third kappa shape index (κ3) is 10.4. The highest BCUT2D eigenvalue weighted by Gasteiger charge is 2.31. The maximum atomic E-state index is 13.3. The Labute approximate surface area is 255 Å². The Bertz CT molecular complexity index is 1580. The number of nitrogens with zero attached hydrogens (tertiary/aromatic N) is 2. The lowest BCUT2D eigenvalue weighted by Crippen LogP contribution is -2.21. The van der Waals surface area contributed by atoms with Gasteiger partial charge in [-0.1, -0.05) is 59.2 Å². The van der Waals surface area contributed by atoms with Gasteiger partial charge in [0.15, 0.2) is 5.78 Å². The molecule has 7 nitrogen and oxygen atoms in total. The number of carbonyl (C=O) groups excluding carboxylic acids is 1. The van der Waals surface area contributed by atoms with Crippen molar-refractivity contribution in [2.75, 3.05) is 7.11 Å². The van der Waals surface area contributed by atoms with Crippen LogP contribution < -0.4 is 15.0 Å². The lowest BCUT2D eigenvalue weighted by molar-refractivity contribution is -0.274. The third-order valence-electron chi connectivity index (χ3n) is 5.86. The zero-order valence-corrected chi connectivity index (χ0v) is 25.3. The summed E-state index contributed by atoms with van der Waals surface area (Å²) in [6.07, 6.45) is -3.60. The molecule has 1 heterocycles. The molecular weight excluding hydrogens is 629 g/mol. The highest BCUT2D eigenvalue weighted by molar-refractivity contribution is 9.10. The molecule has 4 aromatic rings. The van der Waals surface area contributed by atoms with Crippen LogP contribution in [0.2, 0.25) is 0 Å². The van der Waals surface area contributed by atoms with Crippen LogP contribution >= 0.6 is 15.9 Å². The van der Waals surface area contributed by atoms with E-state index in [1.807, 2.05) is 38.1 Å². The van der Waals surface area contributed by atoms with Crippen LogP contribution in [0, 0.1) is 0 Å². The maximum absolute atomic E-state index is 13.3. The summed E-state index contributed by atoms with van der Waals surface area (Å²) in [5, 5.41) is 4.15. The number of carbonyl (C=O) groups is 1. The standard InChI is InChI=1S/C30H24BrF3N2O5.C2H6/c1-39-25-10-5-20(6-11-25)19-40-35-27(22-7-12-26(13-8-22)41-30(32,33)34)16-28(37)23-9-14-29(38)36(18-23)17-21-3-2-4-24(31)15-21;1-2/h2-15,18H,16-17,19H2,1H3;1-2H3/b35-27-;. The van der Waals surface area contributed by atoms with E-state index in [-0.39, 0.29) is 42.2 Å². The fourth-order valence-electron chi connectivity index (χ4n) is 3.85.